The van der Waals surface area contributed by atoms with Crippen LogP contribution in [0.1, 0.15) is 48.2 Å². The van der Waals surface area contributed by atoms with Gasteiger partial charge in [0.25, 0.3) is 5.56 Å². The number of para-hydroxylation sites is 2. The van der Waals surface area contributed by atoms with Gasteiger partial charge in [0.2, 0.25) is 5.91 Å². The van der Waals surface area contributed by atoms with Crippen LogP contribution in [0.2, 0.25) is 0 Å². The Morgan fingerprint density at radius 2 is 1.81 bits per heavy atom. The normalized spacial score (nSPS) is 14.0. The molecule has 1 aliphatic carbocycles. The van der Waals surface area contributed by atoms with Crippen LogP contribution in [0.15, 0.2) is 39.9 Å². The number of ether oxygens (including phenoxy) is 2. The van der Waals surface area contributed by atoms with Crippen LogP contribution in [0, 0.1) is 6.92 Å². The van der Waals surface area contributed by atoms with Gasteiger partial charge in [-0.2, -0.15) is 0 Å². The van der Waals surface area contributed by atoms with E-state index in [0.717, 1.165) is 36.7 Å². The van der Waals surface area contributed by atoms with Gasteiger partial charge in [-0.15, -0.1) is 0 Å². The molecule has 0 aliphatic heterocycles. The Labute approximate surface area is 208 Å². The minimum atomic E-state index is -0.778. The van der Waals surface area contributed by atoms with Gasteiger partial charge < -0.3 is 14.4 Å². The fraction of sp³-hybridized carbons (Fsp3) is 0.423. The summed E-state index contributed by atoms with van der Waals surface area (Å²) in [5.74, 6) is -0.739. The lowest BCUT2D eigenvalue weighted by molar-refractivity contribution is -0.133. The molecule has 0 saturated heterocycles. The van der Waals surface area contributed by atoms with Crippen LogP contribution >= 0.6 is 0 Å². The van der Waals surface area contributed by atoms with Crippen LogP contribution in [-0.2, 0) is 16.1 Å². The Kier molecular flexibility index (Phi) is 7.23. The molecule has 2 heterocycles. The summed E-state index contributed by atoms with van der Waals surface area (Å²) in [7, 11) is 4.37. The molecular formula is C26H30N4O6. The zero-order valence-electron chi connectivity index (χ0n) is 20.9. The highest BCUT2D eigenvalue weighted by Gasteiger charge is 2.27. The lowest BCUT2D eigenvalue weighted by Crippen LogP contribution is -2.46. The second kappa shape index (κ2) is 10.3. The molecule has 0 radical (unpaired) electrons. The number of hydrogen-bond donors (Lipinski definition) is 0. The first kappa shape index (κ1) is 25.2. The molecule has 0 spiro atoms. The predicted octanol–water partition coefficient (Wildman–Crippen LogP) is 2.44. The van der Waals surface area contributed by atoms with E-state index in [-0.39, 0.29) is 28.5 Å². The van der Waals surface area contributed by atoms with Crippen LogP contribution in [0.4, 0.5) is 0 Å². The molecule has 1 aliphatic rings. The first-order chi connectivity index (χ1) is 17.3. The van der Waals surface area contributed by atoms with Gasteiger partial charge >= 0.3 is 11.7 Å². The van der Waals surface area contributed by atoms with Crippen LogP contribution in [0.3, 0.4) is 0 Å². The van der Waals surface area contributed by atoms with Gasteiger partial charge in [-0.3, -0.25) is 9.59 Å². The number of esters is 1. The SMILES string of the molecule is COC(=O)c1cc(C)nc2c1c(=O)n(CC(=O)N(C)C1CCCCC1)c(=O)n2-c1ccccc1OC. The number of amides is 1. The molecule has 0 atom stereocenters. The smallest absolute Gasteiger partial charge is 0.338 e. The molecule has 1 amide bonds. The largest absolute Gasteiger partial charge is 0.495 e. The minimum absolute atomic E-state index is 0.0146. The van der Waals surface area contributed by atoms with Crippen molar-refractivity contribution in [3.8, 4) is 11.4 Å². The standard InChI is InChI=1S/C26H30N4O6/c1-16-14-18(25(33)36-4)22-23(27-16)30(19-12-8-9-13-20(19)35-3)26(34)29(24(22)32)15-21(31)28(2)17-10-6-5-7-11-17/h8-9,12-14,17H,5-7,10-11,15H2,1-4H3. The molecule has 10 heteroatoms. The van der Waals surface area contributed by atoms with Crippen LogP contribution in [0.25, 0.3) is 16.7 Å². The quantitative estimate of drug-likeness (QED) is 0.484. The van der Waals surface area contributed by atoms with E-state index in [1.807, 2.05) is 0 Å². The number of rotatable bonds is 6. The van der Waals surface area contributed by atoms with Crippen molar-refractivity contribution in [2.75, 3.05) is 21.3 Å². The molecule has 3 aromatic rings. The number of pyridine rings is 1. The van der Waals surface area contributed by atoms with Gasteiger partial charge in [0.15, 0.2) is 5.65 Å². The van der Waals surface area contributed by atoms with Crippen molar-refractivity contribution in [3.63, 3.8) is 0 Å². The molecule has 190 valence electrons. The average molecular weight is 495 g/mol. The zero-order valence-corrected chi connectivity index (χ0v) is 20.9. The maximum Gasteiger partial charge on any atom is 0.338 e. The van der Waals surface area contributed by atoms with E-state index in [9.17, 15) is 19.2 Å². The van der Waals surface area contributed by atoms with Crippen molar-refractivity contribution in [2.24, 2.45) is 0 Å². The average Bonchev–Trinajstić information content (AvgIpc) is 2.90. The summed E-state index contributed by atoms with van der Waals surface area (Å²) in [6, 6.07) is 8.27. The van der Waals surface area contributed by atoms with E-state index in [4.69, 9.17) is 9.47 Å². The Hall–Kier alpha value is -3.95. The van der Waals surface area contributed by atoms with Crippen molar-refractivity contribution in [3.05, 3.63) is 62.4 Å². The molecule has 0 unspecified atom stereocenters. The molecule has 1 fully saturated rings. The minimum Gasteiger partial charge on any atom is -0.495 e. The second-order valence-corrected chi connectivity index (χ2v) is 8.98. The van der Waals surface area contributed by atoms with Gasteiger partial charge in [0.1, 0.15) is 12.3 Å². The highest BCUT2D eigenvalue weighted by molar-refractivity contribution is 6.02. The van der Waals surface area contributed by atoms with Gasteiger partial charge in [-0.05, 0) is 38.0 Å². The monoisotopic (exact) mass is 494 g/mol. The van der Waals surface area contributed by atoms with Gasteiger partial charge in [-0.25, -0.2) is 23.7 Å². The predicted molar refractivity (Wildman–Crippen MR) is 134 cm³/mol. The third-order valence-electron chi connectivity index (χ3n) is 6.76. The van der Waals surface area contributed by atoms with Gasteiger partial charge in [-0.1, -0.05) is 31.4 Å². The Morgan fingerprint density at radius 3 is 2.47 bits per heavy atom. The molecule has 1 aromatic carbocycles. The lowest BCUT2D eigenvalue weighted by atomic mass is 9.94. The molecule has 0 bridgehead atoms. The second-order valence-electron chi connectivity index (χ2n) is 8.98. The molecule has 1 saturated carbocycles. The fourth-order valence-corrected chi connectivity index (χ4v) is 4.82. The lowest BCUT2D eigenvalue weighted by Gasteiger charge is -2.31. The van der Waals surface area contributed by atoms with Crippen molar-refractivity contribution in [2.45, 2.75) is 51.6 Å². The molecule has 0 N–H and O–H groups in total. The Bertz CT molecular complexity index is 1430. The van der Waals surface area contributed by atoms with Crippen LogP contribution in [0.5, 0.6) is 5.75 Å². The molecular weight excluding hydrogens is 464 g/mol. The summed E-state index contributed by atoms with van der Waals surface area (Å²) in [5.41, 5.74) is -0.840. The summed E-state index contributed by atoms with van der Waals surface area (Å²) in [5, 5.41) is -0.105. The van der Waals surface area contributed by atoms with E-state index >= 15 is 0 Å². The molecule has 36 heavy (non-hydrogen) atoms. The first-order valence-electron chi connectivity index (χ1n) is 11.9. The number of methoxy groups -OCH3 is 2. The van der Waals surface area contributed by atoms with E-state index in [2.05, 4.69) is 4.98 Å². The number of carbonyl (C=O) groups is 2. The number of aromatic nitrogens is 3. The summed E-state index contributed by atoms with van der Waals surface area (Å²) < 4.78 is 12.4. The third-order valence-corrected chi connectivity index (χ3v) is 6.76. The van der Waals surface area contributed by atoms with Crippen LogP contribution in [-0.4, -0.2) is 58.2 Å². The van der Waals surface area contributed by atoms with Crippen molar-refractivity contribution in [1.29, 1.82) is 0 Å². The number of carbonyl (C=O) groups excluding carboxylic acids is 2. The fourth-order valence-electron chi connectivity index (χ4n) is 4.82. The zero-order chi connectivity index (χ0) is 26.0. The van der Waals surface area contributed by atoms with E-state index in [1.54, 1.807) is 43.1 Å². The van der Waals surface area contributed by atoms with Crippen molar-refractivity contribution < 1.29 is 19.1 Å². The van der Waals surface area contributed by atoms with Gasteiger partial charge in [0.05, 0.1) is 30.9 Å². The number of benzene rings is 1. The third kappa shape index (κ3) is 4.50. The molecule has 4 rings (SSSR count). The Morgan fingerprint density at radius 1 is 1.11 bits per heavy atom. The van der Waals surface area contributed by atoms with E-state index in [1.165, 1.54) is 24.9 Å². The molecule has 2 aromatic heterocycles. The maximum atomic E-state index is 13.8. The highest BCUT2D eigenvalue weighted by atomic mass is 16.5. The summed E-state index contributed by atoms with van der Waals surface area (Å²) >= 11 is 0. The Balaban J connectivity index is 1.99. The number of hydrogen-bond acceptors (Lipinski definition) is 7. The first-order valence-corrected chi connectivity index (χ1v) is 11.9. The van der Waals surface area contributed by atoms with Gasteiger partial charge in [0, 0.05) is 18.8 Å². The topological polar surface area (TPSA) is 113 Å². The summed E-state index contributed by atoms with van der Waals surface area (Å²) in [4.78, 5) is 59.4. The van der Waals surface area contributed by atoms with Crippen molar-refractivity contribution in [1.82, 2.24) is 19.0 Å². The van der Waals surface area contributed by atoms with Crippen LogP contribution < -0.4 is 16.0 Å². The highest BCUT2D eigenvalue weighted by Crippen LogP contribution is 2.25. The van der Waals surface area contributed by atoms with E-state index in [0.29, 0.717) is 17.1 Å². The van der Waals surface area contributed by atoms with E-state index < -0.39 is 23.8 Å². The molecule has 10 nitrogen and oxygen atoms in total. The summed E-state index contributed by atoms with van der Waals surface area (Å²) in [6.45, 7) is 1.18. The number of nitrogens with zero attached hydrogens (tertiary/aromatic N) is 4. The summed E-state index contributed by atoms with van der Waals surface area (Å²) in [6.07, 6.45) is 4.97. The maximum absolute atomic E-state index is 13.8. The van der Waals surface area contributed by atoms with Crippen molar-refractivity contribution >= 4 is 22.9 Å². The number of likely N-dealkylation sites (N-methyl/N-ethyl adjacent to an activating group) is 1. The number of fused-ring (bicyclic) bond motifs is 1. The number of aryl methyl sites for hydroxylation is 1.